The van der Waals surface area contributed by atoms with E-state index < -0.39 is 24.0 Å². The molecule has 0 aromatic carbocycles. The van der Waals surface area contributed by atoms with E-state index in [2.05, 4.69) is 5.32 Å². The Morgan fingerprint density at radius 1 is 1.43 bits per heavy atom. The number of nitrogens with one attached hydrogen (secondary N) is 1. The molecule has 0 bridgehead atoms. The smallest absolute Gasteiger partial charge is 0.326 e. The first-order valence-corrected chi connectivity index (χ1v) is 7.25. The Bertz CT molecular complexity index is 571. The fourth-order valence-electron chi connectivity index (χ4n) is 2.22. The fraction of sp³-hybridized carbons (Fsp3) is 0.462. The van der Waals surface area contributed by atoms with Crippen molar-refractivity contribution in [3.8, 4) is 0 Å². The highest BCUT2D eigenvalue weighted by Crippen LogP contribution is 2.18. The number of β-amino-alcohol motifs (C(OH)–C–C–N with tert-alkyl or cyclic N) is 1. The topological polar surface area (TPSA) is 107 Å². The van der Waals surface area contributed by atoms with E-state index in [1.54, 1.807) is 12.1 Å². The van der Waals surface area contributed by atoms with Gasteiger partial charge in [-0.2, -0.15) is 0 Å². The zero-order chi connectivity index (χ0) is 15.6. The molecule has 3 N–H and O–H groups in total. The van der Waals surface area contributed by atoms with Crippen molar-refractivity contribution < 1.29 is 24.6 Å². The Kier molecular flexibility index (Phi) is 4.59. The molecule has 0 unspecified atom stereocenters. The number of amides is 2. The van der Waals surface area contributed by atoms with Crippen LogP contribution in [0.1, 0.15) is 21.0 Å². The average molecular weight is 312 g/mol. The maximum Gasteiger partial charge on any atom is 0.326 e. The highest BCUT2D eigenvalue weighted by Gasteiger charge is 2.38. The maximum absolute atomic E-state index is 12.0. The van der Waals surface area contributed by atoms with Crippen molar-refractivity contribution >= 4 is 29.1 Å². The van der Waals surface area contributed by atoms with E-state index in [4.69, 9.17) is 5.11 Å². The van der Waals surface area contributed by atoms with Crippen molar-refractivity contribution in [2.24, 2.45) is 0 Å². The molecule has 1 aliphatic rings. The minimum Gasteiger partial charge on any atom is -0.480 e. The second-order valence-electron chi connectivity index (χ2n) is 4.88. The monoisotopic (exact) mass is 312 g/mol. The highest BCUT2D eigenvalue weighted by atomic mass is 32.1. The Labute approximate surface area is 125 Å². The summed E-state index contributed by atoms with van der Waals surface area (Å²) in [4.78, 5) is 37.4. The van der Waals surface area contributed by atoms with Crippen molar-refractivity contribution in [1.29, 1.82) is 0 Å². The van der Waals surface area contributed by atoms with Crippen LogP contribution in [0.5, 0.6) is 0 Å². The summed E-state index contributed by atoms with van der Waals surface area (Å²) in [5, 5.41) is 21.0. The molecule has 2 amide bonds. The molecule has 1 fully saturated rings. The number of aryl methyl sites for hydroxylation is 1. The van der Waals surface area contributed by atoms with Gasteiger partial charge in [0.25, 0.3) is 5.91 Å². The van der Waals surface area contributed by atoms with Crippen LogP contribution in [0.25, 0.3) is 0 Å². The Morgan fingerprint density at radius 3 is 2.71 bits per heavy atom. The molecular weight excluding hydrogens is 296 g/mol. The zero-order valence-corrected chi connectivity index (χ0v) is 12.2. The number of carboxylic acid groups (broad SMARTS) is 1. The summed E-state index contributed by atoms with van der Waals surface area (Å²) >= 11 is 1.31. The first-order chi connectivity index (χ1) is 9.88. The van der Waals surface area contributed by atoms with Crippen LogP contribution in [-0.2, 0) is 9.59 Å². The van der Waals surface area contributed by atoms with Gasteiger partial charge in [-0.25, -0.2) is 4.79 Å². The predicted octanol–water partition coefficient (Wildman–Crippen LogP) is -0.167. The van der Waals surface area contributed by atoms with Gasteiger partial charge in [0.2, 0.25) is 5.91 Å². The molecule has 2 atom stereocenters. The number of likely N-dealkylation sites (tertiary alicyclic amines) is 1. The molecule has 114 valence electrons. The van der Waals surface area contributed by atoms with E-state index in [0.717, 1.165) is 9.78 Å². The van der Waals surface area contributed by atoms with E-state index in [0.29, 0.717) is 4.88 Å². The Balaban J connectivity index is 1.92. The third kappa shape index (κ3) is 3.59. The molecule has 1 aliphatic heterocycles. The fourth-order valence-corrected chi connectivity index (χ4v) is 3.01. The number of rotatable bonds is 4. The molecule has 0 aliphatic carbocycles. The number of thiophene rings is 1. The number of hydrogen-bond donors (Lipinski definition) is 3. The van der Waals surface area contributed by atoms with Gasteiger partial charge in [0.1, 0.15) is 6.04 Å². The van der Waals surface area contributed by atoms with Gasteiger partial charge in [0.05, 0.1) is 17.5 Å². The minimum atomic E-state index is -1.15. The van der Waals surface area contributed by atoms with E-state index in [1.165, 1.54) is 11.3 Å². The SMILES string of the molecule is Cc1ccc(C(=O)NCC(=O)N2C[C@@H](O)C[C@H]2C(=O)O)s1. The van der Waals surface area contributed by atoms with Crippen molar-refractivity contribution in [1.82, 2.24) is 10.2 Å². The number of carbonyl (C=O) groups excluding carboxylic acids is 2. The van der Waals surface area contributed by atoms with E-state index in [1.807, 2.05) is 6.92 Å². The molecule has 0 saturated carbocycles. The van der Waals surface area contributed by atoms with Gasteiger partial charge in [-0.15, -0.1) is 11.3 Å². The number of carbonyl (C=O) groups is 3. The molecule has 0 spiro atoms. The van der Waals surface area contributed by atoms with E-state index in [-0.39, 0.29) is 25.4 Å². The van der Waals surface area contributed by atoms with Crippen LogP contribution < -0.4 is 5.32 Å². The van der Waals surface area contributed by atoms with Gasteiger partial charge >= 0.3 is 5.97 Å². The summed E-state index contributed by atoms with van der Waals surface area (Å²) in [6, 6.07) is 2.44. The van der Waals surface area contributed by atoms with Gasteiger partial charge in [-0.1, -0.05) is 0 Å². The van der Waals surface area contributed by atoms with Gasteiger partial charge < -0.3 is 20.4 Å². The summed E-state index contributed by atoms with van der Waals surface area (Å²) in [6.07, 6.45) is -0.829. The normalized spacial score (nSPS) is 21.3. The third-order valence-corrected chi connectivity index (χ3v) is 4.25. The molecule has 7 nitrogen and oxygen atoms in total. The van der Waals surface area contributed by atoms with Crippen LogP contribution in [-0.4, -0.2) is 58.1 Å². The van der Waals surface area contributed by atoms with E-state index >= 15 is 0 Å². The van der Waals surface area contributed by atoms with Crippen molar-refractivity contribution in [3.05, 3.63) is 21.9 Å². The lowest BCUT2D eigenvalue weighted by Crippen LogP contribution is -2.45. The van der Waals surface area contributed by atoms with Gasteiger partial charge in [0, 0.05) is 17.8 Å². The minimum absolute atomic E-state index is 0.0130. The van der Waals surface area contributed by atoms with Crippen LogP contribution in [0.4, 0.5) is 0 Å². The second kappa shape index (κ2) is 6.23. The summed E-state index contributed by atoms with van der Waals surface area (Å²) < 4.78 is 0. The first-order valence-electron chi connectivity index (χ1n) is 6.43. The summed E-state index contributed by atoms with van der Waals surface area (Å²) in [7, 11) is 0. The number of carboxylic acids is 1. The van der Waals surface area contributed by atoms with Gasteiger partial charge in [-0.05, 0) is 19.1 Å². The van der Waals surface area contributed by atoms with Crippen LogP contribution in [0.3, 0.4) is 0 Å². The van der Waals surface area contributed by atoms with Crippen LogP contribution in [0.2, 0.25) is 0 Å². The summed E-state index contributed by atoms with van der Waals surface area (Å²) in [5.41, 5.74) is 0. The molecule has 2 rings (SSSR count). The average Bonchev–Trinajstić information content (AvgIpc) is 3.01. The largest absolute Gasteiger partial charge is 0.480 e. The number of aliphatic carboxylic acids is 1. The molecule has 8 heteroatoms. The van der Waals surface area contributed by atoms with Crippen LogP contribution in [0.15, 0.2) is 12.1 Å². The maximum atomic E-state index is 12.0. The quantitative estimate of drug-likeness (QED) is 0.716. The van der Waals surface area contributed by atoms with Crippen molar-refractivity contribution in [3.63, 3.8) is 0 Å². The highest BCUT2D eigenvalue weighted by molar-refractivity contribution is 7.13. The Morgan fingerprint density at radius 2 is 2.14 bits per heavy atom. The number of hydrogen-bond acceptors (Lipinski definition) is 5. The molecule has 1 aromatic heterocycles. The van der Waals surface area contributed by atoms with Gasteiger partial charge in [0.15, 0.2) is 0 Å². The lowest BCUT2D eigenvalue weighted by atomic mass is 10.2. The molecule has 2 heterocycles. The second-order valence-corrected chi connectivity index (χ2v) is 6.17. The first kappa shape index (κ1) is 15.5. The molecular formula is C13H16N2O5S. The summed E-state index contributed by atoms with van der Waals surface area (Å²) in [6.45, 7) is 1.56. The molecule has 1 saturated heterocycles. The standard InChI is InChI=1S/C13H16N2O5S/c1-7-2-3-10(21-7)12(18)14-5-11(17)15-6-8(16)4-9(15)13(19)20/h2-3,8-9,16H,4-6H2,1H3,(H,14,18)(H,19,20)/t8-,9-/m0/s1. The van der Waals surface area contributed by atoms with E-state index in [9.17, 15) is 19.5 Å². The van der Waals surface area contributed by atoms with Crippen molar-refractivity contribution in [2.75, 3.05) is 13.1 Å². The van der Waals surface area contributed by atoms with Crippen molar-refractivity contribution in [2.45, 2.75) is 25.5 Å². The predicted molar refractivity (Wildman–Crippen MR) is 75.1 cm³/mol. The number of aliphatic hydroxyl groups is 1. The number of aliphatic hydroxyl groups excluding tert-OH is 1. The van der Waals surface area contributed by atoms with Crippen LogP contribution in [0, 0.1) is 6.92 Å². The summed E-state index contributed by atoms with van der Waals surface area (Å²) in [5.74, 6) is -2.03. The van der Waals surface area contributed by atoms with Gasteiger partial charge in [-0.3, -0.25) is 9.59 Å². The molecule has 0 radical (unpaired) electrons. The lowest BCUT2D eigenvalue weighted by Gasteiger charge is -2.21. The Hall–Kier alpha value is -1.93. The number of nitrogens with zero attached hydrogens (tertiary/aromatic N) is 1. The lowest BCUT2D eigenvalue weighted by molar-refractivity contribution is -0.147. The van der Waals surface area contributed by atoms with Crippen LogP contribution >= 0.6 is 11.3 Å². The third-order valence-electron chi connectivity index (χ3n) is 3.25. The molecule has 21 heavy (non-hydrogen) atoms. The zero-order valence-electron chi connectivity index (χ0n) is 11.4. The molecule has 1 aromatic rings.